The topological polar surface area (TPSA) is 113 Å². The summed E-state index contributed by atoms with van der Waals surface area (Å²) in [5.74, 6) is 0.666. The normalized spacial score (nSPS) is 17.7. The molecule has 5 heterocycles. The van der Waals surface area contributed by atoms with E-state index in [0.29, 0.717) is 52.9 Å². The van der Waals surface area contributed by atoms with E-state index in [2.05, 4.69) is 16.0 Å². The summed E-state index contributed by atoms with van der Waals surface area (Å²) < 4.78 is 12.5. The van der Waals surface area contributed by atoms with Gasteiger partial charge < -0.3 is 19.4 Å². The number of pyridine rings is 2. The van der Waals surface area contributed by atoms with E-state index in [1.54, 1.807) is 34.9 Å². The number of nitrogens with zero attached hydrogens (tertiary/aromatic N) is 4. The number of hydrogen-bond donors (Lipinski definition) is 1. The van der Waals surface area contributed by atoms with Crippen LogP contribution in [-0.4, -0.2) is 52.7 Å². The van der Waals surface area contributed by atoms with Gasteiger partial charge in [0.15, 0.2) is 11.5 Å². The molecule has 160 valence electrons. The van der Waals surface area contributed by atoms with Crippen molar-refractivity contribution in [2.45, 2.75) is 12.5 Å². The molecule has 9 nitrogen and oxygen atoms in total. The predicted octanol–water partition coefficient (Wildman–Crippen LogP) is 2.13. The highest BCUT2D eigenvalue weighted by atomic mass is 16.5. The van der Waals surface area contributed by atoms with Crippen LogP contribution in [0.2, 0.25) is 0 Å². The van der Waals surface area contributed by atoms with Crippen LogP contribution in [0.3, 0.4) is 0 Å². The Labute approximate surface area is 181 Å². The van der Waals surface area contributed by atoms with Crippen molar-refractivity contribution in [2.24, 2.45) is 5.92 Å². The van der Waals surface area contributed by atoms with Gasteiger partial charge in [0.25, 0.3) is 5.56 Å². The third-order valence-electron chi connectivity index (χ3n) is 6.65. The average Bonchev–Trinajstić information content (AvgIpc) is 3.21. The number of fused-ring (bicyclic) bond motifs is 2. The van der Waals surface area contributed by atoms with E-state index >= 15 is 0 Å². The quantitative estimate of drug-likeness (QED) is 0.499. The highest BCUT2D eigenvalue weighted by Crippen LogP contribution is 2.40. The number of aromatic amines is 1. The molecule has 1 saturated heterocycles. The van der Waals surface area contributed by atoms with Crippen molar-refractivity contribution in [3.63, 3.8) is 0 Å². The lowest BCUT2D eigenvalue weighted by molar-refractivity contribution is -0.139. The summed E-state index contributed by atoms with van der Waals surface area (Å²) in [6, 6.07) is 4.95. The number of hydrogen-bond acceptors (Lipinski definition) is 6. The Bertz CT molecular complexity index is 1550. The fraction of sp³-hybridized carbons (Fsp3) is 0.304. The fourth-order valence-corrected chi connectivity index (χ4v) is 5.01. The summed E-state index contributed by atoms with van der Waals surface area (Å²) in [7, 11) is 3.07. The number of H-pyrrole nitrogens is 1. The first-order valence-corrected chi connectivity index (χ1v) is 10.3. The summed E-state index contributed by atoms with van der Waals surface area (Å²) in [5, 5.41) is 11.9. The highest BCUT2D eigenvalue weighted by molar-refractivity contribution is 6.16. The molecule has 0 unspecified atom stereocenters. The standard InChI is InChI=1S/C23H19N5O4/c1-31-17-4-13-14(5-18(17)32-2)22(29)28-16(23(30)27-9-11(6-24)10-27)3-12-7-25-21-19(12)20(28)15(13)8-26-21/h4-5,7-8,11,16H,3,9-10H2,1-2H3,(H,25,26)/t16-/m1/s1. The first-order chi connectivity index (χ1) is 15.5. The van der Waals surface area contributed by atoms with Crippen molar-refractivity contribution in [1.82, 2.24) is 19.4 Å². The number of ether oxygens (including phenoxy) is 2. The third-order valence-corrected chi connectivity index (χ3v) is 6.65. The second kappa shape index (κ2) is 6.47. The lowest BCUT2D eigenvalue weighted by Gasteiger charge is -2.39. The highest BCUT2D eigenvalue weighted by Gasteiger charge is 2.39. The predicted molar refractivity (Wildman–Crippen MR) is 117 cm³/mol. The number of carbonyl (C=O) groups excluding carboxylic acids is 1. The van der Waals surface area contributed by atoms with Gasteiger partial charge in [0.2, 0.25) is 5.91 Å². The van der Waals surface area contributed by atoms with E-state index in [0.717, 1.165) is 16.3 Å². The molecule has 6 rings (SSSR count). The van der Waals surface area contributed by atoms with Gasteiger partial charge in [-0.15, -0.1) is 0 Å². The molecule has 3 aromatic heterocycles. The SMILES string of the molecule is COc1cc2c(=O)n3c4c(cnc5[nH]cc(c54)C[C@@H]3C(=O)N3CC(C#N)C3)c2cc1OC. The minimum absolute atomic E-state index is 0.142. The maximum atomic E-state index is 13.8. The lowest BCUT2D eigenvalue weighted by Crippen LogP contribution is -2.53. The first kappa shape index (κ1) is 18.7. The van der Waals surface area contributed by atoms with Gasteiger partial charge in [-0.3, -0.25) is 14.2 Å². The van der Waals surface area contributed by atoms with E-state index < -0.39 is 6.04 Å². The van der Waals surface area contributed by atoms with E-state index in [1.165, 1.54) is 7.11 Å². The van der Waals surface area contributed by atoms with Crippen LogP contribution < -0.4 is 15.0 Å². The fourth-order valence-electron chi connectivity index (χ4n) is 5.01. The molecular formula is C23H19N5O4. The molecule has 4 aromatic rings. The van der Waals surface area contributed by atoms with Crippen LogP contribution >= 0.6 is 0 Å². The maximum Gasteiger partial charge on any atom is 0.259 e. The number of nitrogens with one attached hydrogen (secondary N) is 1. The number of aromatic nitrogens is 3. The zero-order chi connectivity index (χ0) is 22.1. The van der Waals surface area contributed by atoms with Crippen molar-refractivity contribution < 1.29 is 14.3 Å². The van der Waals surface area contributed by atoms with Crippen molar-refractivity contribution in [3.8, 4) is 17.6 Å². The summed E-state index contributed by atoms with van der Waals surface area (Å²) >= 11 is 0. The summed E-state index contributed by atoms with van der Waals surface area (Å²) in [6.07, 6.45) is 3.97. The molecule has 2 aliphatic heterocycles. The number of methoxy groups -OCH3 is 2. The number of amides is 1. The maximum absolute atomic E-state index is 13.8. The van der Waals surface area contributed by atoms with Gasteiger partial charge in [-0.25, -0.2) is 4.98 Å². The molecule has 9 heteroatoms. The molecule has 1 aromatic carbocycles. The lowest BCUT2D eigenvalue weighted by atomic mass is 9.93. The number of rotatable bonds is 3. The van der Waals surface area contributed by atoms with Crippen LogP contribution in [0.1, 0.15) is 11.6 Å². The van der Waals surface area contributed by atoms with Gasteiger partial charge in [0.1, 0.15) is 11.7 Å². The van der Waals surface area contributed by atoms with Crippen molar-refractivity contribution in [1.29, 1.82) is 5.26 Å². The first-order valence-electron chi connectivity index (χ1n) is 10.3. The molecule has 0 radical (unpaired) electrons. The Morgan fingerprint density at radius 3 is 2.59 bits per heavy atom. The van der Waals surface area contributed by atoms with E-state index in [-0.39, 0.29) is 17.4 Å². The van der Waals surface area contributed by atoms with Gasteiger partial charge in [0, 0.05) is 48.1 Å². The third kappa shape index (κ3) is 2.29. The van der Waals surface area contributed by atoms with Crippen molar-refractivity contribution in [3.05, 3.63) is 40.4 Å². The van der Waals surface area contributed by atoms with Crippen LogP contribution in [0.5, 0.6) is 11.5 Å². The Morgan fingerprint density at radius 2 is 1.91 bits per heavy atom. The van der Waals surface area contributed by atoms with Gasteiger partial charge in [-0.1, -0.05) is 0 Å². The smallest absolute Gasteiger partial charge is 0.259 e. The minimum Gasteiger partial charge on any atom is -0.493 e. The summed E-state index contributed by atoms with van der Waals surface area (Å²) in [6.45, 7) is 0.794. The number of benzene rings is 1. The number of carbonyl (C=O) groups is 1. The average molecular weight is 429 g/mol. The molecule has 0 spiro atoms. The largest absolute Gasteiger partial charge is 0.493 e. The minimum atomic E-state index is -0.684. The van der Waals surface area contributed by atoms with Crippen molar-refractivity contribution >= 4 is 38.6 Å². The second-order valence-corrected chi connectivity index (χ2v) is 8.28. The molecule has 32 heavy (non-hydrogen) atoms. The zero-order valence-corrected chi connectivity index (χ0v) is 17.5. The van der Waals surface area contributed by atoms with E-state index in [4.69, 9.17) is 14.7 Å². The Kier molecular flexibility index (Phi) is 3.78. The zero-order valence-electron chi connectivity index (χ0n) is 17.5. The van der Waals surface area contributed by atoms with Crippen LogP contribution in [0, 0.1) is 17.2 Å². The van der Waals surface area contributed by atoms with E-state index in [9.17, 15) is 9.59 Å². The number of nitriles is 1. The monoisotopic (exact) mass is 429 g/mol. The van der Waals surface area contributed by atoms with Gasteiger partial charge >= 0.3 is 0 Å². The van der Waals surface area contributed by atoms with Gasteiger partial charge in [-0.05, 0) is 17.7 Å². The summed E-state index contributed by atoms with van der Waals surface area (Å²) in [4.78, 5) is 36.6. The molecule has 1 fully saturated rings. The van der Waals surface area contributed by atoms with Crippen LogP contribution in [0.4, 0.5) is 0 Å². The molecule has 0 aliphatic carbocycles. The molecule has 1 N–H and O–H groups in total. The van der Waals surface area contributed by atoms with Crippen LogP contribution in [0.25, 0.3) is 32.7 Å². The van der Waals surface area contributed by atoms with Crippen LogP contribution in [0.15, 0.2) is 29.3 Å². The van der Waals surface area contributed by atoms with Gasteiger partial charge in [0.05, 0.1) is 37.1 Å². The Hall–Kier alpha value is -4.06. The molecule has 1 atom stereocenters. The number of likely N-dealkylation sites (tertiary alicyclic amines) is 1. The molecule has 2 aliphatic rings. The molecule has 1 amide bonds. The van der Waals surface area contributed by atoms with Gasteiger partial charge in [-0.2, -0.15) is 5.26 Å². The molecule has 0 saturated carbocycles. The summed E-state index contributed by atoms with van der Waals surface area (Å²) in [5.41, 5.74) is 2.06. The van der Waals surface area contributed by atoms with E-state index in [1.807, 2.05) is 6.20 Å². The van der Waals surface area contributed by atoms with Crippen LogP contribution in [-0.2, 0) is 11.2 Å². The molecular weight excluding hydrogens is 410 g/mol. The molecule has 0 bridgehead atoms. The Morgan fingerprint density at radius 1 is 1.19 bits per heavy atom. The second-order valence-electron chi connectivity index (χ2n) is 8.28. The Balaban J connectivity index is 1.68. The van der Waals surface area contributed by atoms with Crippen molar-refractivity contribution in [2.75, 3.05) is 27.3 Å².